The Bertz CT molecular complexity index is 733. The van der Waals surface area contributed by atoms with Crippen LogP contribution >= 0.6 is 15.9 Å². The van der Waals surface area contributed by atoms with Gasteiger partial charge < -0.3 is 5.32 Å². The topological polar surface area (TPSA) is 12.0 Å². The van der Waals surface area contributed by atoms with E-state index in [0.29, 0.717) is 0 Å². The van der Waals surface area contributed by atoms with Gasteiger partial charge in [0.05, 0.1) is 0 Å². The van der Waals surface area contributed by atoms with Crippen LogP contribution in [0.3, 0.4) is 0 Å². The monoisotopic (exact) mass is 337 g/mol. The zero-order chi connectivity index (χ0) is 14.7. The van der Waals surface area contributed by atoms with Gasteiger partial charge in [-0.3, -0.25) is 0 Å². The van der Waals surface area contributed by atoms with Crippen LogP contribution in [-0.4, -0.2) is 0 Å². The van der Waals surface area contributed by atoms with Gasteiger partial charge in [0.2, 0.25) is 0 Å². The maximum atomic E-state index is 3.50. The second-order valence-electron chi connectivity index (χ2n) is 5.05. The van der Waals surface area contributed by atoms with Crippen molar-refractivity contribution in [2.75, 3.05) is 5.32 Å². The quantitative estimate of drug-likeness (QED) is 0.602. The van der Waals surface area contributed by atoms with E-state index in [1.54, 1.807) is 0 Å². The lowest BCUT2D eigenvalue weighted by atomic mass is 10.0. The Hall–Kier alpha value is -2.06. The number of anilines is 2. The lowest BCUT2D eigenvalue weighted by Crippen LogP contribution is -1.94. The molecule has 1 N–H and O–H groups in total. The fraction of sp³-hybridized carbons (Fsp3) is 0.0526. The molecule has 0 aliphatic heterocycles. The summed E-state index contributed by atoms with van der Waals surface area (Å²) in [6.45, 7) is 2.12. The molecule has 0 aromatic heterocycles. The summed E-state index contributed by atoms with van der Waals surface area (Å²) in [5.41, 5.74) is 5.91. The first-order valence-electron chi connectivity index (χ1n) is 6.91. The second kappa shape index (κ2) is 6.15. The Morgan fingerprint density at radius 3 is 2.24 bits per heavy atom. The molecule has 21 heavy (non-hydrogen) atoms. The van der Waals surface area contributed by atoms with Crippen molar-refractivity contribution < 1.29 is 0 Å². The Morgan fingerprint density at radius 1 is 0.810 bits per heavy atom. The first-order chi connectivity index (χ1) is 10.2. The molecule has 3 rings (SSSR count). The van der Waals surface area contributed by atoms with E-state index in [9.17, 15) is 0 Å². The van der Waals surface area contributed by atoms with Gasteiger partial charge in [-0.2, -0.15) is 0 Å². The summed E-state index contributed by atoms with van der Waals surface area (Å²) in [5, 5.41) is 3.50. The van der Waals surface area contributed by atoms with Gasteiger partial charge in [-0.25, -0.2) is 0 Å². The van der Waals surface area contributed by atoms with Crippen molar-refractivity contribution >= 4 is 27.3 Å². The molecule has 0 fully saturated rings. The van der Waals surface area contributed by atoms with E-state index >= 15 is 0 Å². The van der Waals surface area contributed by atoms with E-state index in [4.69, 9.17) is 0 Å². The predicted octanol–water partition coefficient (Wildman–Crippen LogP) is 6.17. The van der Waals surface area contributed by atoms with Crippen molar-refractivity contribution in [2.24, 2.45) is 0 Å². The lowest BCUT2D eigenvalue weighted by Gasteiger charge is -2.13. The fourth-order valence-electron chi connectivity index (χ4n) is 2.31. The van der Waals surface area contributed by atoms with Gasteiger partial charge in [-0.1, -0.05) is 57.9 Å². The van der Waals surface area contributed by atoms with Crippen LogP contribution in [0.4, 0.5) is 11.4 Å². The molecule has 0 aliphatic carbocycles. The van der Waals surface area contributed by atoms with Gasteiger partial charge in [0, 0.05) is 21.4 Å². The number of rotatable bonds is 3. The Kier molecular flexibility index (Phi) is 4.07. The fourth-order valence-corrected chi connectivity index (χ4v) is 2.58. The molecular weight excluding hydrogens is 322 g/mol. The predicted molar refractivity (Wildman–Crippen MR) is 94.0 cm³/mol. The largest absolute Gasteiger partial charge is 0.355 e. The number of aryl methyl sites for hydroxylation is 1. The summed E-state index contributed by atoms with van der Waals surface area (Å²) >= 11 is 3.46. The van der Waals surface area contributed by atoms with E-state index < -0.39 is 0 Å². The summed E-state index contributed by atoms with van der Waals surface area (Å²) < 4.78 is 1.08. The molecule has 0 heterocycles. The average molecular weight is 338 g/mol. The third kappa shape index (κ3) is 3.34. The minimum atomic E-state index is 1.08. The van der Waals surface area contributed by atoms with Crippen LogP contribution in [0, 0.1) is 6.92 Å². The summed E-state index contributed by atoms with van der Waals surface area (Å²) in [5.74, 6) is 0. The molecule has 0 saturated carbocycles. The SMILES string of the molecule is Cc1ccc(Nc2ccc(Br)cc2)c(-c2ccccc2)c1. The molecule has 0 atom stereocenters. The molecule has 0 bridgehead atoms. The van der Waals surface area contributed by atoms with E-state index in [0.717, 1.165) is 15.8 Å². The number of hydrogen-bond donors (Lipinski definition) is 1. The summed E-state index contributed by atoms with van der Waals surface area (Å²) in [7, 11) is 0. The van der Waals surface area contributed by atoms with Crippen molar-refractivity contribution in [3.05, 3.63) is 82.8 Å². The van der Waals surface area contributed by atoms with Gasteiger partial charge in [-0.15, -0.1) is 0 Å². The minimum Gasteiger partial charge on any atom is -0.355 e. The van der Waals surface area contributed by atoms with E-state index in [2.05, 4.69) is 82.8 Å². The highest BCUT2D eigenvalue weighted by Gasteiger charge is 2.05. The van der Waals surface area contributed by atoms with E-state index in [-0.39, 0.29) is 0 Å². The van der Waals surface area contributed by atoms with Crippen molar-refractivity contribution in [3.8, 4) is 11.1 Å². The van der Waals surface area contributed by atoms with E-state index in [1.807, 2.05) is 18.2 Å². The molecular formula is C19H16BrN. The minimum absolute atomic E-state index is 1.08. The maximum Gasteiger partial charge on any atom is 0.0464 e. The van der Waals surface area contributed by atoms with Gasteiger partial charge >= 0.3 is 0 Å². The first-order valence-corrected chi connectivity index (χ1v) is 7.70. The zero-order valence-electron chi connectivity index (χ0n) is 11.8. The van der Waals surface area contributed by atoms with Crippen molar-refractivity contribution in [1.29, 1.82) is 0 Å². The van der Waals surface area contributed by atoms with Crippen LogP contribution < -0.4 is 5.32 Å². The van der Waals surface area contributed by atoms with Crippen LogP contribution in [0.15, 0.2) is 77.3 Å². The highest BCUT2D eigenvalue weighted by atomic mass is 79.9. The molecule has 0 amide bonds. The van der Waals surface area contributed by atoms with Gasteiger partial charge in [0.25, 0.3) is 0 Å². The van der Waals surface area contributed by atoms with Crippen LogP contribution in [-0.2, 0) is 0 Å². The van der Waals surface area contributed by atoms with Gasteiger partial charge in [0.1, 0.15) is 0 Å². The highest BCUT2D eigenvalue weighted by Crippen LogP contribution is 2.31. The van der Waals surface area contributed by atoms with Crippen molar-refractivity contribution in [1.82, 2.24) is 0 Å². The van der Waals surface area contributed by atoms with Gasteiger partial charge in [-0.05, 0) is 48.9 Å². The highest BCUT2D eigenvalue weighted by molar-refractivity contribution is 9.10. The number of halogens is 1. The molecule has 0 radical (unpaired) electrons. The molecule has 0 spiro atoms. The Labute approximate surface area is 133 Å². The van der Waals surface area contributed by atoms with Crippen molar-refractivity contribution in [3.63, 3.8) is 0 Å². The summed E-state index contributed by atoms with van der Waals surface area (Å²) in [6, 6.07) is 25.2. The first kappa shape index (κ1) is 13.9. The summed E-state index contributed by atoms with van der Waals surface area (Å²) in [4.78, 5) is 0. The lowest BCUT2D eigenvalue weighted by molar-refractivity contribution is 1.44. The molecule has 0 aliphatic rings. The number of nitrogens with one attached hydrogen (secondary N) is 1. The van der Waals surface area contributed by atoms with Crippen LogP contribution in [0.5, 0.6) is 0 Å². The second-order valence-corrected chi connectivity index (χ2v) is 5.96. The standard InChI is InChI=1S/C19H16BrN/c1-14-7-12-19(21-17-10-8-16(20)9-11-17)18(13-14)15-5-3-2-4-6-15/h2-13,21H,1H3. The third-order valence-corrected chi connectivity index (χ3v) is 3.91. The smallest absolute Gasteiger partial charge is 0.0464 e. The third-order valence-electron chi connectivity index (χ3n) is 3.38. The van der Waals surface area contributed by atoms with E-state index in [1.165, 1.54) is 16.7 Å². The Balaban J connectivity index is 2.00. The van der Waals surface area contributed by atoms with Crippen molar-refractivity contribution in [2.45, 2.75) is 6.92 Å². The van der Waals surface area contributed by atoms with Crippen LogP contribution in [0.25, 0.3) is 11.1 Å². The normalized spacial score (nSPS) is 10.4. The molecule has 2 heteroatoms. The zero-order valence-corrected chi connectivity index (χ0v) is 13.4. The van der Waals surface area contributed by atoms with Gasteiger partial charge in [0.15, 0.2) is 0 Å². The maximum absolute atomic E-state index is 3.50. The van der Waals surface area contributed by atoms with Crippen LogP contribution in [0.1, 0.15) is 5.56 Å². The average Bonchev–Trinajstić information content (AvgIpc) is 2.52. The molecule has 3 aromatic rings. The molecule has 1 nitrogen and oxygen atoms in total. The number of benzene rings is 3. The summed E-state index contributed by atoms with van der Waals surface area (Å²) in [6.07, 6.45) is 0. The molecule has 3 aromatic carbocycles. The molecule has 0 unspecified atom stereocenters. The molecule has 104 valence electrons. The number of hydrogen-bond acceptors (Lipinski definition) is 1. The molecule has 0 saturated heterocycles. The Morgan fingerprint density at radius 2 is 1.52 bits per heavy atom. The van der Waals surface area contributed by atoms with Crippen LogP contribution in [0.2, 0.25) is 0 Å².